The smallest absolute Gasteiger partial charge is 0.104 e. The van der Waals surface area contributed by atoms with Crippen molar-refractivity contribution in [2.75, 3.05) is 52.9 Å². The number of hydrogen-bond acceptors (Lipinski definition) is 5. The molecule has 0 spiro atoms. The summed E-state index contributed by atoms with van der Waals surface area (Å²) in [5.74, 6) is 0. The molecule has 2 heterocycles. The summed E-state index contributed by atoms with van der Waals surface area (Å²) in [6, 6.07) is 0. The second-order valence-corrected chi connectivity index (χ2v) is 5.60. The number of ether oxygens (including phenoxy) is 5. The standard InChI is InChI=1S/C15H26O5/c1-3-5-16-6-13(19-8-14-9-20-14)7-17-10-15(4-2)11-18-12-15/h3,13-14H,1,4-12H2,2H3. The maximum atomic E-state index is 5.83. The van der Waals surface area contributed by atoms with Crippen molar-refractivity contribution in [3.8, 4) is 0 Å². The highest BCUT2D eigenvalue weighted by atomic mass is 16.6. The first-order chi connectivity index (χ1) is 9.78. The SMILES string of the molecule is C=CCOCC(COCC1(CC)COC1)OCC1CO1. The second-order valence-electron chi connectivity index (χ2n) is 5.60. The maximum absolute atomic E-state index is 5.83. The predicted octanol–water partition coefficient (Wildman–Crippen LogP) is 1.42. The van der Waals surface area contributed by atoms with Crippen molar-refractivity contribution in [2.24, 2.45) is 5.41 Å². The summed E-state index contributed by atoms with van der Waals surface area (Å²) in [4.78, 5) is 0. The quantitative estimate of drug-likeness (QED) is 0.308. The molecule has 0 radical (unpaired) electrons. The molecule has 0 amide bonds. The fraction of sp³-hybridized carbons (Fsp3) is 0.867. The lowest BCUT2D eigenvalue weighted by molar-refractivity contribution is -0.160. The van der Waals surface area contributed by atoms with Gasteiger partial charge in [0.25, 0.3) is 0 Å². The third kappa shape index (κ3) is 5.14. The van der Waals surface area contributed by atoms with E-state index in [4.69, 9.17) is 23.7 Å². The van der Waals surface area contributed by atoms with Gasteiger partial charge in [0.1, 0.15) is 12.2 Å². The van der Waals surface area contributed by atoms with Crippen molar-refractivity contribution in [3.05, 3.63) is 12.7 Å². The molecule has 116 valence electrons. The van der Waals surface area contributed by atoms with Crippen molar-refractivity contribution < 1.29 is 23.7 Å². The second kappa shape index (κ2) is 8.10. The van der Waals surface area contributed by atoms with Crippen LogP contribution in [-0.4, -0.2) is 65.1 Å². The Bertz CT molecular complexity index is 280. The van der Waals surface area contributed by atoms with E-state index in [9.17, 15) is 0 Å². The maximum Gasteiger partial charge on any atom is 0.104 e. The Morgan fingerprint density at radius 2 is 2.10 bits per heavy atom. The first-order valence-corrected chi connectivity index (χ1v) is 7.35. The average molecular weight is 286 g/mol. The van der Waals surface area contributed by atoms with Gasteiger partial charge in [-0.05, 0) is 6.42 Å². The third-order valence-electron chi connectivity index (χ3n) is 3.74. The van der Waals surface area contributed by atoms with Crippen molar-refractivity contribution in [1.29, 1.82) is 0 Å². The highest BCUT2D eigenvalue weighted by molar-refractivity contribution is 4.84. The molecule has 0 aliphatic carbocycles. The Hall–Kier alpha value is -0.460. The van der Waals surface area contributed by atoms with Crippen LogP contribution < -0.4 is 0 Å². The first-order valence-electron chi connectivity index (χ1n) is 7.35. The van der Waals surface area contributed by atoms with Gasteiger partial charge in [-0.25, -0.2) is 0 Å². The summed E-state index contributed by atoms with van der Waals surface area (Å²) in [6.45, 7) is 11.2. The molecule has 2 saturated heterocycles. The van der Waals surface area contributed by atoms with Crippen LogP contribution in [0.4, 0.5) is 0 Å². The molecule has 2 atom stereocenters. The van der Waals surface area contributed by atoms with Crippen molar-refractivity contribution in [1.82, 2.24) is 0 Å². The van der Waals surface area contributed by atoms with E-state index < -0.39 is 0 Å². The highest BCUT2D eigenvalue weighted by Crippen LogP contribution is 2.31. The molecule has 0 aromatic heterocycles. The Labute approximate surface area is 121 Å². The van der Waals surface area contributed by atoms with E-state index in [-0.39, 0.29) is 17.6 Å². The Morgan fingerprint density at radius 1 is 1.35 bits per heavy atom. The molecule has 0 N–H and O–H groups in total. The number of epoxide rings is 1. The highest BCUT2D eigenvalue weighted by Gasteiger charge is 2.37. The first kappa shape index (κ1) is 15.9. The van der Waals surface area contributed by atoms with Gasteiger partial charge in [0.05, 0.1) is 52.9 Å². The van der Waals surface area contributed by atoms with E-state index in [0.29, 0.717) is 26.4 Å². The van der Waals surface area contributed by atoms with E-state index in [1.54, 1.807) is 6.08 Å². The minimum absolute atomic E-state index is 0.0472. The predicted molar refractivity (Wildman–Crippen MR) is 74.9 cm³/mol. The Morgan fingerprint density at radius 3 is 2.65 bits per heavy atom. The van der Waals surface area contributed by atoms with E-state index in [1.165, 1.54) is 0 Å². The van der Waals surface area contributed by atoms with Crippen LogP contribution in [0.25, 0.3) is 0 Å². The molecule has 0 aromatic carbocycles. The summed E-state index contributed by atoms with van der Waals surface area (Å²) >= 11 is 0. The largest absolute Gasteiger partial charge is 0.380 e. The molecule has 2 fully saturated rings. The van der Waals surface area contributed by atoms with Crippen molar-refractivity contribution in [3.63, 3.8) is 0 Å². The monoisotopic (exact) mass is 286 g/mol. The lowest BCUT2D eigenvalue weighted by Crippen LogP contribution is -2.46. The molecule has 5 nitrogen and oxygen atoms in total. The molecule has 0 bridgehead atoms. The van der Waals surface area contributed by atoms with Crippen LogP contribution in [0.1, 0.15) is 13.3 Å². The minimum atomic E-state index is -0.0472. The van der Waals surface area contributed by atoms with Crippen LogP contribution in [0.2, 0.25) is 0 Å². The lowest BCUT2D eigenvalue weighted by Gasteiger charge is -2.40. The van der Waals surface area contributed by atoms with Gasteiger partial charge < -0.3 is 23.7 Å². The number of hydrogen-bond donors (Lipinski definition) is 0. The molecule has 0 aromatic rings. The van der Waals surface area contributed by atoms with Gasteiger partial charge >= 0.3 is 0 Å². The molecular weight excluding hydrogens is 260 g/mol. The zero-order chi connectivity index (χ0) is 14.3. The van der Waals surface area contributed by atoms with Gasteiger partial charge in [-0.2, -0.15) is 0 Å². The molecule has 0 saturated carbocycles. The van der Waals surface area contributed by atoms with Crippen molar-refractivity contribution >= 4 is 0 Å². The van der Waals surface area contributed by atoms with E-state index in [0.717, 1.165) is 32.8 Å². The van der Waals surface area contributed by atoms with Crippen LogP contribution in [0.5, 0.6) is 0 Å². The Kier molecular flexibility index (Phi) is 6.45. The van der Waals surface area contributed by atoms with E-state index >= 15 is 0 Å². The van der Waals surface area contributed by atoms with Crippen LogP contribution in [-0.2, 0) is 23.7 Å². The van der Waals surface area contributed by atoms with Gasteiger partial charge in [-0.15, -0.1) is 6.58 Å². The molecule has 5 heteroatoms. The summed E-state index contributed by atoms with van der Waals surface area (Å²) in [5.41, 5.74) is 0.214. The van der Waals surface area contributed by atoms with Gasteiger partial charge in [-0.3, -0.25) is 0 Å². The fourth-order valence-corrected chi connectivity index (χ4v) is 2.02. The summed E-state index contributed by atoms with van der Waals surface area (Å²) in [6.07, 6.45) is 3.04. The van der Waals surface area contributed by atoms with E-state index in [1.807, 2.05) is 0 Å². The molecule has 2 rings (SSSR count). The lowest BCUT2D eigenvalue weighted by atomic mass is 9.84. The third-order valence-corrected chi connectivity index (χ3v) is 3.74. The number of rotatable bonds is 12. The molecule has 2 unspecified atom stereocenters. The minimum Gasteiger partial charge on any atom is -0.380 e. The van der Waals surface area contributed by atoms with Gasteiger partial charge in [0.2, 0.25) is 0 Å². The van der Waals surface area contributed by atoms with Crippen LogP contribution in [0.15, 0.2) is 12.7 Å². The average Bonchev–Trinajstić information content (AvgIpc) is 3.22. The summed E-state index contributed by atoms with van der Waals surface area (Å²) < 4.78 is 27.5. The normalized spacial score (nSPS) is 24.9. The van der Waals surface area contributed by atoms with Gasteiger partial charge in [0.15, 0.2) is 0 Å². The zero-order valence-corrected chi connectivity index (χ0v) is 12.3. The van der Waals surface area contributed by atoms with Crippen LogP contribution in [0, 0.1) is 5.41 Å². The zero-order valence-electron chi connectivity index (χ0n) is 12.3. The molecule has 2 aliphatic heterocycles. The van der Waals surface area contributed by atoms with E-state index in [2.05, 4.69) is 13.5 Å². The van der Waals surface area contributed by atoms with Crippen LogP contribution >= 0.6 is 0 Å². The molecular formula is C15H26O5. The van der Waals surface area contributed by atoms with Crippen molar-refractivity contribution in [2.45, 2.75) is 25.6 Å². The Balaban J connectivity index is 1.63. The molecule has 20 heavy (non-hydrogen) atoms. The topological polar surface area (TPSA) is 49.5 Å². The summed E-state index contributed by atoms with van der Waals surface area (Å²) in [5, 5.41) is 0. The van der Waals surface area contributed by atoms with Gasteiger partial charge in [0, 0.05) is 5.41 Å². The van der Waals surface area contributed by atoms with Crippen LogP contribution in [0.3, 0.4) is 0 Å². The fourth-order valence-electron chi connectivity index (χ4n) is 2.02. The summed E-state index contributed by atoms with van der Waals surface area (Å²) in [7, 11) is 0. The van der Waals surface area contributed by atoms with Gasteiger partial charge in [-0.1, -0.05) is 13.0 Å². The molecule has 2 aliphatic rings.